The monoisotopic (exact) mass is 255 g/mol. The summed E-state index contributed by atoms with van der Waals surface area (Å²) in [5.74, 6) is 0.380. The Hall–Kier alpha value is -1.96. The van der Waals surface area contributed by atoms with Crippen LogP contribution in [-0.4, -0.2) is 5.11 Å². The van der Waals surface area contributed by atoms with E-state index in [2.05, 4.69) is 37.4 Å². The zero-order valence-electron chi connectivity index (χ0n) is 12.0. The summed E-state index contributed by atoms with van der Waals surface area (Å²) in [7, 11) is 0. The first-order valence-electron chi connectivity index (χ1n) is 6.58. The molecular formula is C17H21NO. The Labute approximate surface area is 115 Å². The van der Waals surface area contributed by atoms with Crippen LogP contribution in [0.4, 0.5) is 5.69 Å². The van der Waals surface area contributed by atoms with Crippen LogP contribution < -0.4 is 5.32 Å². The van der Waals surface area contributed by atoms with E-state index in [1.165, 1.54) is 16.7 Å². The van der Waals surface area contributed by atoms with Crippen molar-refractivity contribution in [2.75, 3.05) is 5.32 Å². The largest absolute Gasteiger partial charge is 0.507 e. The molecule has 0 bridgehead atoms. The van der Waals surface area contributed by atoms with Gasteiger partial charge in [-0.25, -0.2) is 0 Å². The van der Waals surface area contributed by atoms with Crippen molar-refractivity contribution >= 4 is 5.69 Å². The van der Waals surface area contributed by atoms with Crippen LogP contribution in [0.15, 0.2) is 30.3 Å². The third-order valence-corrected chi connectivity index (χ3v) is 3.69. The fourth-order valence-corrected chi connectivity index (χ4v) is 2.14. The molecule has 0 aliphatic carbocycles. The predicted octanol–water partition coefficient (Wildman–Crippen LogP) is 4.24. The van der Waals surface area contributed by atoms with E-state index in [0.29, 0.717) is 5.75 Å². The van der Waals surface area contributed by atoms with Crippen molar-refractivity contribution in [2.24, 2.45) is 0 Å². The lowest BCUT2D eigenvalue weighted by molar-refractivity contribution is 0.467. The summed E-state index contributed by atoms with van der Waals surface area (Å²) < 4.78 is 0. The minimum Gasteiger partial charge on any atom is -0.507 e. The van der Waals surface area contributed by atoms with Crippen molar-refractivity contribution in [3.8, 4) is 5.75 Å². The number of phenolic OH excluding ortho intramolecular Hbond substituents is 1. The van der Waals surface area contributed by atoms with E-state index in [-0.39, 0.29) is 0 Å². The van der Waals surface area contributed by atoms with E-state index >= 15 is 0 Å². The standard InChI is InChI=1S/C17H21NO/c1-11-5-7-15(9-13(11)3)10-18-16-8-6-12(2)17(19)14(16)4/h5-9,18-19H,10H2,1-4H3. The number of aromatic hydroxyl groups is 1. The van der Waals surface area contributed by atoms with E-state index in [9.17, 15) is 5.11 Å². The van der Waals surface area contributed by atoms with Crippen LogP contribution in [0.3, 0.4) is 0 Å². The number of benzene rings is 2. The Bertz CT molecular complexity index is 602. The van der Waals surface area contributed by atoms with Gasteiger partial charge in [0.25, 0.3) is 0 Å². The highest BCUT2D eigenvalue weighted by Gasteiger charge is 2.05. The molecule has 2 rings (SSSR count). The van der Waals surface area contributed by atoms with Gasteiger partial charge in [0.1, 0.15) is 5.75 Å². The van der Waals surface area contributed by atoms with Gasteiger partial charge in [-0.05, 0) is 56.0 Å². The SMILES string of the molecule is Cc1ccc(CNc2ccc(C)c(O)c2C)cc1C. The zero-order valence-corrected chi connectivity index (χ0v) is 12.0. The first-order chi connectivity index (χ1) is 8.99. The quantitative estimate of drug-likeness (QED) is 0.860. The Balaban J connectivity index is 2.14. The van der Waals surface area contributed by atoms with Gasteiger partial charge in [-0.1, -0.05) is 24.3 Å². The van der Waals surface area contributed by atoms with Gasteiger partial charge < -0.3 is 10.4 Å². The molecule has 2 aromatic carbocycles. The number of aryl methyl sites for hydroxylation is 3. The van der Waals surface area contributed by atoms with Gasteiger partial charge in [0, 0.05) is 17.8 Å². The molecule has 0 saturated heterocycles. The molecule has 0 fully saturated rings. The maximum atomic E-state index is 9.92. The summed E-state index contributed by atoms with van der Waals surface area (Å²) in [6.07, 6.45) is 0. The third kappa shape index (κ3) is 2.90. The molecule has 0 heterocycles. The van der Waals surface area contributed by atoms with Crippen LogP contribution in [0.25, 0.3) is 0 Å². The molecule has 0 radical (unpaired) electrons. The van der Waals surface area contributed by atoms with Gasteiger partial charge in [-0.3, -0.25) is 0 Å². The van der Waals surface area contributed by atoms with Crippen LogP contribution in [-0.2, 0) is 6.54 Å². The molecule has 0 aliphatic rings. The van der Waals surface area contributed by atoms with Crippen LogP contribution >= 0.6 is 0 Å². The van der Waals surface area contributed by atoms with Crippen molar-refractivity contribution in [3.05, 3.63) is 58.1 Å². The maximum Gasteiger partial charge on any atom is 0.123 e. The summed E-state index contributed by atoms with van der Waals surface area (Å²) in [6, 6.07) is 10.4. The minimum absolute atomic E-state index is 0.380. The molecule has 0 aromatic heterocycles. The van der Waals surface area contributed by atoms with Gasteiger partial charge in [0.2, 0.25) is 0 Å². The molecule has 19 heavy (non-hydrogen) atoms. The summed E-state index contributed by atoms with van der Waals surface area (Å²) in [5, 5.41) is 13.3. The number of hydrogen-bond donors (Lipinski definition) is 2. The van der Waals surface area contributed by atoms with Crippen LogP contribution in [0.2, 0.25) is 0 Å². The number of rotatable bonds is 3. The molecule has 0 amide bonds. The van der Waals surface area contributed by atoms with Crippen molar-refractivity contribution < 1.29 is 5.11 Å². The smallest absolute Gasteiger partial charge is 0.123 e. The average molecular weight is 255 g/mol. The molecular weight excluding hydrogens is 234 g/mol. The first-order valence-corrected chi connectivity index (χ1v) is 6.58. The van der Waals surface area contributed by atoms with Gasteiger partial charge in [-0.2, -0.15) is 0 Å². The Morgan fingerprint density at radius 1 is 0.895 bits per heavy atom. The number of phenols is 1. The second-order valence-corrected chi connectivity index (χ2v) is 5.18. The maximum absolute atomic E-state index is 9.92. The Kier molecular flexibility index (Phi) is 3.79. The predicted molar refractivity (Wildman–Crippen MR) is 80.8 cm³/mol. The number of hydrogen-bond acceptors (Lipinski definition) is 2. The first kappa shape index (κ1) is 13.5. The highest BCUT2D eigenvalue weighted by molar-refractivity contribution is 5.59. The fourth-order valence-electron chi connectivity index (χ4n) is 2.14. The fraction of sp³-hybridized carbons (Fsp3) is 0.294. The molecule has 100 valence electrons. The van der Waals surface area contributed by atoms with Gasteiger partial charge >= 0.3 is 0 Å². The lowest BCUT2D eigenvalue weighted by Crippen LogP contribution is -2.02. The van der Waals surface area contributed by atoms with E-state index in [1.54, 1.807) is 0 Å². The molecule has 2 heteroatoms. The van der Waals surface area contributed by atoms with Gasteiger partial charge in [-0.15, -0.1) is 0 Å². The van der Waals surface area contributed by atoms with Crippen molar-refractivity contribution in [2.45, 2.75) is 34.2 Å². The van der Waals surface area contributed by atoms with E-state index in [0.717, 1.165) is 23.4 Å². The normalized spacial score (nSPS) is 10.5. The molecule has 2 aromatic rings. The Morgan fingerprint density at radius 3 is 2.26 bits per heavy atom. The molecule has 2 nitrogen and oxygen atoms in total. The van der Waals surface area contributed by atoms with Gasteiger partial charge in [0.05, 0.1) is 0 Å². The molecule has 2 N–H and O–H groups in total. The molecule has 0 atom stereocenters. The second kappa shape index (κ2) is 5.35. The zero-order chi connectivity index (χ0) is 14.0. The highest BCUT2D eigenvalue weighted by atomic mass is 16.3. The van der Waals surface area contributed by atoms with Gasteiger partial charge in [0.15, 0.2) is 0 Å². The van der Waals surface area contributed by atoms with Crippen LogP contribution in [0.5, 0.6) is 5.75 Å². The van der Waals surface area contributed by atoms with Crippen molar-refractivity contribution in [1.29, 1.82) is 0 Å². The minimum atomic E-state index is 0.380. The average Bonchev–Trinajstić information content (AvgIpc) is 2.39. The van der Waals surface area contributed by atoms with Crippen molar-refractivity contribution in [1.82, 2.24) is 0 Å². The summed E-state index contributed by atoms with van der Waals surface area (Å²) in [6.45, 7) is 8.86. The molecule has 0 spiro atoms. The highest BCUT2D eigenvalue weighted by Crippen LogP contribution is 2.28. The van der Waals surface area contributed by atoms with Crippen LogP contribution in [0, 0.1) is 27.7 Å². The Morgan fingerprint density at radius 2 is 1.58 bits per heavy atom. The summed E-state index contributed by atoms with van der Waals surface area (Å²) in [5.41, 5.74) is 6.68. The van der Waals surface area contributed by atoms with E-state index in [1.807, 2.05) is 26.0 Å². The lowest BCUT2D eigenvalue weighted by Gasteiger charge is -2.13. The van der Waals surface area contributed by atoms with E-state index < -0.39 is 0 Å². The topological polar surface area (TPSA) is 32.3 Å². The molecule has 0 aliphatic heterocycles. The number of nitrogens with one attached hydrogen (secondary N) is 1. The third-order valence-electron chi connectivity index (χ3n) is 3.69. The molecule has 0 saturated carbocycles. The summed E-state index contributed by atoms with van der Waals surface area (Å²) in [4.78, 5) is 0. The van der Waals surface area contributed by atoms with Crippen LogP contribution in [0.1, 0.15) is 27.8 Å². The second-order valence-electron chi connectivity index (χ2n) is 5.18. The summed E-state index contributed by atoms with van der Waals surface area (Å²) >= 11 is 0. The van der Waals surface area contributed by atoms with E-state index in [4.69, 9.17) is 0 Å². The number of anilines is 1. The van der Waals surface area contributed by atoms with Crippen molar-refractivity contribution in [3.63, 3.8) is 0 Å². The lowest BCUT2D eigenvalue weighted by atomic mass is 10.1. The molecule has 0 unspecified atom stereocenters.